The van der Waals surface area contributed by atoms with Crippen molar-refractivity contribution in [1.82, 2.24) is 0 Å². The molecule has 124 valence electrons. The minimum Gasteiger partial charge on any atom is -0.430 e. The van der Waals surface area contributed by atoms with Crippen molar-refractivity contribution in [3.63, 3.8) is 0 Å². The maximum Gasteiger partial charge on any atom is 0.508 e. The maximum absolute atomic E-state index is 13.5. The van der Waals surface area contributed by atoms with Crippen LogP contribution >= 0.6 is 0 Å². The average molecular weight is 330 g/mol. The molecule has 1 heterocycles. The van der Waals surface area contributed by atoms with Crippen LogP contribution in [-0.4, -0.2) is 56.9 Å². The Morgan fingerprint density at radius 2 is 1.71 bits per heavy atom. The fraction of sp³-hybridized carbons (Fsp3) is 0.889. The Morgan fingerprint density at radius 1 is 1.10 bits per heavy atom. The normalized spacial score (nSPS) is 22.6. The number of hydrogen-bond acceptors (Lipinski definition) is 5. The predicted octanol–water partition coefficient (Wildman–Crippen LogP) is 2.35. The van der Waals surface area contributed by atoms with Gasteiger partial charge in [-0.2, -0.15) is 30.7 Å². The van der Waals surface area contributed by atoms with Gasteiger partial charge in [-0.3, -0.25) is 0 Å². The largest absolute Gasteiger partial charge is 0.508 e. The van der Waals surface area contributed by atoms with Gasteiger partial charge >= 0.3 is 24.4 Å². The summed E-state index contributed by atoms with van der Waals surface area (Å²) in [5.74, 6) is -4.63. The van der Waals surface area contributed by atoms with Gasteiger partial charge in [0.15, 0.2) is 6.10 Å². The Kier molecular flexibility index (Phi) is 5.25. The first kappa shape index (κ1) is 17.8. The Labute approximate surface area is 112 Å². The van der Waals surface area contributed by atoms with Gasteiger partial charge in [0.2, 0.25) is 0 Å². The van der Waals surface area contributed by atoms with E-state index in [9.17, 15) is 35.5 Å². The predicted molar refractivity (Wildman–Crippen MR) is 48.9 cm³/mol. The molecule has 2 unspecified atom stereocenters. The summed E-state index contributed by atoms with van der Waals surface area (Å²) in [4.78, 5) is 10.5. The summed E-state index contributed by atoms with van der Waals surface area (Å²) in [6, 6.07) is 0. The first-order chi connectivity index (χ1) is 9.43. The van der Waals surface area contributed by atoms with E-state index in [4.69, 9.17) is 0 Å². The highest BCUT2D eigenvalue weighted by atomic mass is 19.4. The van der Waals surface area contributed by atoms with Crippen molar-refractivity contribution in [2.24, 2.45) is 0 Å². The van der Waals surface area contributed by atoms with Crippen molar-refractivity contribution in [2.45, 2.75) is 24.3 Å². The molecule has 0 aliphatic carbocycles. The molecule has 0 aromatic heterocycles. The van der Waals surface area contributed by atoms with Gasteiger partial charge in [0.1, 0.15) is 19.8 Å². The number of carbonyl (C=O) groups excluding carboxylic acids is 1. The molecule has 1 saturated heterocycles. The maximum atomic E-state index is 13.5. The zero-order valence-corrected chi connectivity index (χ0v) is 10.1. The second kappa shape index (κ2) is 6.22. The molecule has 0 radical (unpaired) electrons. The van der Waals surface area contributed by atoms with Crippen molar-refractivity contribution in [3.05, 3.63) is 0 Å². The molecular formula is C9H9F7O5. The molecule has 21 heavy (non-hydrogen) atoms. The van der Waals surface area contributed by atoms with Crippen LogP contribution in [0.15, 0.2) is 0 Å². The topological polar surface area (TPSA) is 54.0 Å². The Bertz CT molecular complexity index is 368. The zero-order valence-electron chi connectivity index (χ0n) is 10.1. The minimum absolute atomic E-state index is 0.326. The van der Waals surface area contributed by atoms with E-state index in [0.717, 1.165) is 0 Å². The van der Waals surface area contributed by atoms with Crippen LogP contribution in [0.2, 0.25) is 0 Å². The van der Waals surface area contributed by atoms with E-state index in [1.165, 1.54) is 0 Å². The van der Waals surface area contributed by atoms with Crippen LogP contribution in [0.3, 0.4) is 0 Å². The summed E-state index contributed by atoms with van der Waals surface area (Å²) in [7, 11) is 0. The highest BCUT2D eigenvalue weighted by Gasteiger charge is 2.59. The number of alkyl halides is 7. The molecule has 0 saturated carbocycles. The molecule has 12 heteroatoms. The van der Waals surface area contributed by atoms with Crippen molar-refractivity contribution < 1.29 is 54.5 Å². The summed E-state index contributed by atoms with van der Waals surface area (Å²) in [5, 5.41) is 0. The molecule has 2 atom stereocenters. The van der Waals surface area contributed by atoms with Crippen LogP contribution in [0.5, 0.6) is 0 Å². The van der Waals surface area contributed by atoms with Crippen LogP contribution in [0.25, 0.3) is 0 Å². The summed E-state index contributed by atoms with van der Waals surface area (Å²) in [5.41, 5.74) is 0. The molecule has 1 aliphatic rings. The summed E-state index contributed by atoms with van der Waals surface area (Å²) in [6.07, 6.45) is -13.0. The van der Waals surface area contributed by atoms with E-state index in [-0.39, 0.29) is 6.61 Å². The van der Waals surface area contributed by atoms with Crippen LogP contribution in [0.4, 0.5) is 35.5 Å². The molecule has 0 bridgehead atoms. The Morgan fingerprint density at radius 3 is 2.14 bits per heavy atom. The lowest BCUT2D eigenvalue weighted by Crippen LogP contribution is -2.49. The molecule has 0 aromatic rings. The number of hydrogen-bond donors (Lipinski definition) is 0. The van der Waals surface area contributed by atoms with Crippen LogP contribution in [0, 0.1) is 0 Å². The smallest absolute Gasteiger partial charge is 0.430 e. The highest BCUT2D eigenvalue weighted by molar-refractivity contribution is 5.61. The lowest BCUT2D eigenvalue weighted by Gasteiger charge is -2.28. The lowest BCUT2D eigenvalue weighted by molar-refractivity contribution is -0.363. The van der Waals surface area contributed by atoms with Gasteiger partial charge in [-0.05, 0) is 0 Å². The quantitative estimate of drug-likeness (QED) is 0.553. The van der Waals surface area contributed by atoms with Gasteiger partial charge in [-0.1, -0.05) is 0 Å². The summed E-state index contributed by atoms with van der Waals surface area (Å²) >= 11 is 0. The summed E-state index contributed by atoms with van der Waals surface area (Å²) in [6.45, 7) is -5.30. The lowest BCUT2D eigenvalue weighted by atomic mass is 10.3. The average Bonchev–Trinajstić information content (AvgIpc) is 2.70. The van der Waals surface area contributed by atoms with E-state index >= 15 is 0 Å². The minimum atomic E-state index is -5.74. The SMILES string of the molecule is O=C1OCC(COCC(F)(OCC(F)(F)F)C(F)(F)F)O1. The van der Waals surface area contributed by atoms with Gasteiger partial charge in [-0.25, -0.2) is 4.79 Å². The number of ether oxygens (including phenoxy) is 4. The fourth-order valence-corrected chi connectivity index (χ4v) is 1.17. The molecule has 5 nitrogen and oxygen atoms in total. The van der Waals surface area contributed by atoms with Gasteiger partial charge in [-0.15, -0.1) is 0 Å². The van der Waals surface area contributed by atoms with Gasteiger partial charge in [0.05, 0.1) is 6.61 Å². The molecule has 1 fully saturated rings. The zero-order chi connectivity index (χ0) is 16.3. The molecular weight excluding hydrogens is 321 g/mol. The third-order valence-corrected chi connectivity index (χ3v) is 2.13. The van der Waals surface area contributed by atoms with Crippen molar-refractivity contribution >= 4 is 6.16 Å². The third-order valence-electron chi connectivity index (χ3n) is 2.13. The molecule has 1 rings (SSSR count). The molecule has 0 amide bonds. The van der Waals surface area contributed by atoms with Crippen molar-refractivity contribution in [1.29, 1.82) is 0 Å². The van der Waals surface area contributed by atoms with Crippen LogP contribution < -0.4 is 0 Å². The van der Waals surface area contributed by atoms with Crippen LogP contribution in [-0.2, 0) is 18.9 Å². The fourth-order valence-electron chi connectivity index (χ4n) is 1.17. The number of cyclic esters (lactones) is 2. The first-order valence-corrected chi connectivity index (χ1v) is 5.30. The van der Waals surface area contributed by atoms with E-state index < -0.39 is 50.3 Å². The highest BCUT2D eigenvalue weighted by Crippen LogP contribution is 2.36. The Hall–Kier alpha value is -1.30. The first-order valence-electron chi connectivity index (χ1n) is 5.30. The molecule has 0 spiro atoms. The second-order valence-corrected chi connectivity index (χ2v) is 3.95. The van der Waals surface area contributed by atoms with Crippen LogP contribution in [0.1, 0.15) is 0 Å². The summed E-state index contributed by atoms with van der Waals surface area (Å²) < 4.78 is 102. The number of rotatable bonds is 6. The van der Waals surface area contributed by atoms with Crippen molar-refractivity contribution in [3.8, 4) is 0 Å². The molecule has 0 N–H and O–H groups in total. The van der Waals surface area contributed by atoms with Gasteiger partial charge < -0.3 is 18.9 Å². The van der Waals surface area contributed by atoms with E-state index in [0.29, 0.717) is 0 Å². The number of carbonyl (C=O) groups is 1. The number of halogens is 7. The second-order valence-electron chi connectivity index (χ2n) is 3.95. The van der Waals surface area contributed by atoms with Gasteiger partial charge in [0.25, 0.3) is 0 Å². The van der Waals surface area contributed by atoms with E-state index in [2.05, 4.69) is 18.9 Å². The Balaban J connectivity index is 2.51. The van der Waals surface area contributed by atoms with Crippen molar-refractivity contribution in [2.75, 3.05) is 26.4 Å². The molecule has 0 aromatic carbocycles. The van der Waals surface area contributed by atoms with E-state index in [1.807, 2.05) is 0 Å². The van der Waals surface area contributed by atoms with Gasteiger partial charge in [0, 0.05) is 0 Å². The third kappa shape index (κ3) is 5.53. The monoisotopic (exact) mass is 330 g/mol. The van der Waals surface area contributed by atoms with E-state index in [1.54, 1.807) is 0 Å². The standard InChI is InChI=1S/C9H9F7O5/c10-7(9(14,15)16,20-4-8(11,12)13)3-18-1-5-2-19-6(17)21-5/h5H,1-4H2. The molecule has 1 aliphatic heterocycles.